The Balaban J connectivity index is 1.29. The zero-order valence-electron chi connectivity index (χ0n) is 31.5. The summed E-state index contributed by atoms with van der Waals surface area (Å²) in [6.45, 7) is 16.4. The molecule has 6 aromatic rings. The lowest BCUT2D eigenvalue weighted by Crippen LogP contribution is -2.31. The summed E-state index contributed by atoms with van der Waals surface area (Å²) < 4.78 is 2.56. The number of hydrogen-bond donors (Lipinski definition) is 0. The van der Waals surface area contributed by atoms with Crippen molar-refractivity contribution in [2.24, 2.45) is 5.92 Å². The van der Waals surface area contributed by atoms with Gasteiger partial charge in [0.25, 0.3) is 0 Å². The van der Waals surface area contributed by atoms with Crippen molar-refractivity contribution in [2.75, 3.05) is 0 Å². The summed E-state index contributed by atoms with van der Waals surface area (Å²) in [4.78, 5) is 0. The van der Waals surface area contributed by atoms with Crippen molar-refractivity contribution in [1.82, 2.24) is 4.57 Å². The average Bonchev–Trinajstić information content (AvgIpc) is 3.59. The highest BCUT2D eigenvalue weighted by molar-refractivity contribution is 6.12. The summed E-state index contributed by atoms with van der Waals surface area (Å²) in [6.07, 6.45) is 11.4. The average molecular weight is 658 g/mol. The molecular formula is C49H55N. The first-order valence-electron chi connectivity index (χ1n) is 19.7. The van der Waals surface area contributed by atoms with Crippen molar-refractivity contribution in [1.29, 1.82) is 0 Å². The third kappa shape index (κ3) is 5.18. The summed E-state index contributed by atoms with van der Waals surface area (Å²) in [5.41, 5.74) is 19.9. The van der Waals surface area contributed by atoms with Crippen LogP contribution in [0.5, 0.6) is 0 Å². The highest BCUT2D eigenvalue weighted by Crippen LogP contribution is 2.56. The van der Waals surface area contributed by atoms with E-state index in [1.807, 2.05) is 0 Å². The second-order valence-electron chi connectivity index (χ2n) is 16.2. The molecule has 0 fully saturated rings. The Morgan fingerprint density at radius 2 is 1.36 bits per heavy atom. The van der Waals surface area contributed by atoms with Crippen molar-refractivity contribution >= 4 is 21.8 Å². The Morgan fingerprint density at radius 1 is 0.640 bits per heavy atom. The SMILES string of the molecule is CCCCCCCCC1(C(C)C)c2cc(C)ccc2-c2ccc(-c3cc4c5c(c3)c3cc(C)ccc3n5-c3ccc(C(C)CC)cc3C4)cc21. The first-order valence-corrected chi connectivity index (χ1v) is 19.7. The molecule has 0 saturated heterocycles. The fraction of sp³-hybridized carbons (Fsp3) is 0.388. The Hall–Kier alpha value is -4.10. The second-order valence-corrected chi connectivity index (χ2v) is 16.2. The number of aryl methyl sites for hydroxylation is 2. The normalized spacial score (nSPS) is 16.6. The summed E-state index contributed by atoms with van der Waals surface area (Å²) in [7, 11) is 0. The molecule has 0 amide bonds. The van der Waals surface area contributed by atoms with Crippen molar-refractivity contribution < 1.29 is 0 Å². The lowest BCUT2D eigenvalue weighted by Gasteiger charge is -2.37. The third-order valence-electron chi connectivity index (χ3n) is 12.7. The number of hydrogen-bond acceptors (Lipinski definition) is 0. The van der Waals surface area contributed by atoms with Crippen LogP contribution in [0.2, 0.25) is 0 Å². The zero-order valence-corrected chi connectivity index (χ0v) is 31.5. The predicted octanol–water partition coefficient (Wildman–Crippen LogP) is 14.2. The van der Waals surface area contributed by atoms with Crippen LogP contribution >= 0.6 is 0 Å². The molecule has 2 heterocycles. The lowest BCUT2D eigenvalue weighted by atomic mass is 9.66. The van der Waals surface area contributed by atoms with E-state index in [9.17, 15) is 0 Å². The molecule has 1 aliphatic heterocycles. The van der Waals surface area contributed by atoms with Crippen LogP contribution in [0.4, 0.5) is 0 Å². The summed E-state index contributed by atoms with van der Waals surface area (Å²) >= 11 is 0. The molecule has 2 aliphatic rings. The van der Waals surface area contributed by atoms with Gasteiger partial charge in [-0.3, -0.25) is 0 Å². The number of unbranched alkanes of at least 4 members (excludes halogenated alkanes) is 5. The van der Waals surface area contributed by atoms with E-state index in [0.717, 1.165) is 12.8 Å². The zero-order chi connectivity index (χ0) is 34.7. The molecule has 0 spiro atoms. The van der Waals surface area contributed by atoms with Crippen LogP contribution in [0.15, 0.2) is 84.9 Å². The maximum Gasteiger partial charge on any atom is 0.0577 e. The minimum atomic E-state index is 0.0360. The van der Waals surface area contributed by atoms with Crippen molar-refractivity contribution in [2.45, 2.75) is 118 Å². The van der Waals surface area contributed by atoms with E-state index < -0.39 is 0 Å². The van der Waals surface area contributed by atoms with Crippen molar-refractivity contribution in [3.05, 3.63) is 124 Å². The molecule has 0 N–H and O–H groups in total. The molecule has 0 saturated carbocycles. The van der Waals surface area contributed by atoms with Gasteiger partial charge in [0.2, 0.25) is 0 Å². The summed E-state index contributed by atoms with van der Waals surface area (Å²) in [6, 6.07) is 34.1. The van der Waals surface area contributed by atoms with Crippen LogP contribution in [0.1, 0.15) is 131 Å². The van der Waals surface area contributed by atoms with E-state index in [0.29, 0.717) is 11.8 Å². The number of benzene rings is 5. The van der Waals surface area contributed by atoms with Gasteiger partial charge in [-0.05, 0) is 125 Å². The van der Waals surface area contributed by atoms with Crippen molar-refractivity contribution in [3.8, 4) is 27.9 Å². The maximum absolute atomic E-state index is 2.61. The smallest absolute Gasteiger partial charge is 0.0577 e. The molecule has 5 aromatic carbocycles. The van der Waals surface area contributed by atoms with Gasteiger partial charge in [0.05, 0.1) is 11.0 Å². The van der Waals surface area contributed by atoms with E-state index >= 15 is 0 Å². The van der Waals surface area contributed by atoms with E-state index in [4.69, 9.17) is 0 Å². The van der Waals surface area contributed by atoms with E-state index in [1.165, 1.54) is 123 Å². The van der Waals surface area contributed by atoms with Crippen LogP contribution < -0.4 is 0 Å². The van der Waals surface area contributed by atoms with Crippen LogP contribution in [0, 0.1) is 19.8 Å². The standard InChI is InChI=1S/C49H55N/c1-8-10-11-12-13-14-23-49(31(3)4)44-25-33(6)15-19-40(44)41-20-17-36(30-45(41)49)37-27-39-28-38-26-35(34(7)9-2)18-22-46(38)50-47-21-16-32(5)24-42(47)43(29-37)48(39)50/h15-22,24-27,29-31,34H,8-14,23,28H2,1-7H3. The monoisotopic (exact) mass is 657 g/mol. The molecule has 1 aliphatic carbocycles. The molecule has 1 heteroatoms. The minimum absolute atomic E-state index is 0.0360. The molecule has 2 unspecified atom stereocenters. The Kier molecular flexibility index (Phi) is 8.53. The Bertz CT molecular complexity index is 2240. The molecular weight excluding hydrogens is 603 g/mol. The van der Waals surface area contributed by atoms with Gasteiger partial charge in [-0.25, -0.2) is 0 Å². The lowest BCUT2D eigenvalue weighted by molar-refractivity contribution is 0.338. The molecule has 1 nitrogen and oxygen atoms in total. The molecule has 256 valence electrons. The van der Waals surface area contributed by atoms with Gasteiger partial charge in [0.1, 0.15) is 0 Å². The van der Waals surface area contributed by atoms with Gasteiger partial charge in [0.15, 0.2) is 0 Å². The summed E-state index contributed by atoms with van der Waals surface area (Å²) in [5.74, 6) is 1.07. The quantitative estimate of drug-likeness (QED) is 0.122. The van der Waals surface area contributed by atoms with E-state index in [2.05, 4.69) is 138 Å². The maximum atomic E-state index is 2.61. The van der Waals surface area contributed by atoms with Gasteiger partial charge in [-0.15, -0.1) is 0 Å². The van der Waals surface area contributed by atoms with Crippen LogP contribution in [-0.2, 0) is 11.8 Å². The third-order valence-corrected chi connectivity index (χ3v) is 12.7. The largest absolute Gasteiger partial charge is 0.309 e. The highest BCUT2D eigenvalue weighted by Gasteiger charge is 2.45. The molecule has 2 atom stereocenters. The Labute approximate surface area is 300 Å². The molecule has 0 bridgehead atoms. The van der Waals surface area contributed by atoms with Gasteiger partial charge >= 0.3 is 0 Å². The minimum Gasteiger partial charge on any atom is -0.309 e. The topological polar surface area (TPSA) is 4.93 Å². The van der Waals surface area contributed by atoms with Gasteiger partial charge in [0, 0.05) is 28.3 Å². The molecule has 1 aromatic heterocycles. The molecule has 50 heavy (non-hydrogen) atoms. The van der Waals surface area contributed by atoms with E-state index in [-0.39, 0.29) is 5.41 Å². The van der Waals surface area contributed by atoms with Gasteiger partial charge in [-0.2, -0.15) is 0 Å². The number of rotatable bonds is 11. The van der Waals surface area contributed by atoms with E-state index in [1.54, 1.807) is 11.1 Å². The highest BCUT2D eigenvalue weighted by atomic mass is 15.0. The second kappa shape index (κ2) is 12.9. The Morgan fingerprint density at radius 3 is 2.14 bits per heavy atom. The fourth-order valence-corrected chi connectivity index (χ4v) is 9.71. The number of nitrogens with zero attached hydrogens (tertiary/aromatic N) is 1. The number of aromatic nitrogens is 1. The summed E-state index contributed by atoms with van der Waals surface area (Å²) in [5, 5.41) is 2.75. The van der Waals surface area contributed by atoms with Gasteiger partial charge in [-0.1, -0.05) is 133 Å². The van der Waals surface area contributed by atoms with Crippen LogP contribution in [-0.4, -0.2) is 4.57 Å². The van der Waals surface area contributed by atoms with Crippen LogP contribution in [0.3, 0.4) is 0 Å². The van der Waals surface area contributed by atoms with Crippen molar-refractivity contribution in [3.63, 3.8) is 0 Å². The molecule has 8 rings (SSSR count). The van der Waals surface area contributed by atoms with Crippen LogP contribution in [0.25, 0.3) is 49.7 Å². The number of fused-ring (bicyclic) bond motifs is 8. The molecule has 0 radical (unpaired) electrons. The first-order chi connectivity index (χ1) is 24.2. The fourth-order valence-electron chi connectivity index (χ4n) is 9.71. The van der Waals surface area contributed by atoms with Gasteiger partial charge < -0.3 is 4.57 Å². The first kappa shape index (κ1) is 33.1. The predicted molar refractivity (Wildman–Crippen MR) is 216 cm³/mol.